The molecule has 0 radical (unpaired) electrons. The van der Waals surface area contributed by atoms with Gasteiger partial charge in [-0.3, -0.25) is 0 Å². The molecule has 0 bridgehead atoms. The quantitative estimate of drug-likeness (QED) is 0.833. The maximum absolute atomic E-state index is 4.66. The van der Waals surface area contributed by atoms with Gasteiger partial charge in [-0.25, -0.2) is 4.98 Å². The fourth-order valence-electron chi connectivity index (χ4n) is 2.86. The Morgan fingerprint density at radius 3 is 2.70 bits per heavy atom. The first-order chi connectivity index (χ1) is 9.56. The molecule has 0 saturated heterocycles. The van der Waals surface area contributed by atoms with Crippen LogP contribution in [0.2, 0.25) is 0 Å². The van der Waals surface area contributed by atoms with Crippen molar-refractivity contribution >= 4 is 16.6 Å². The lowest BCUT2D eigenvalue weighted by Crippen LogP contribution is -2.23. The van der Waals surface area contributed by atoms with Crippen molar-refractivity contribution in [2.75, 3.05) is 20.1 Å². The van der Waals surface area contributed by atoms with Crippen molar-refractivity contribution in [3.63, 3.8) is 0 Å². The Labute approximate surface area is 120 Å². The fraction of sp³-hybridized carbons (Fsp3) is 0.471. The Morgan fingerprint density at radius 1 is 1.25 bits per heavy atom. The Hall–Kier alpha value is -1.61. The molecule has 1 aliphatic rings. The lowest BCUT2D eigenvalue weighted by Gasteiger charge is -2.21. The third-order valence-electron chi connectivity index (χ3n) is 4.26. The van der Waals surface area contributed by atoms with E-state index in [4.69, 9.17) is 0 Å². The van der Waals surface area contributed by atoms with Crippen LogP contribution >= 0.6 is 0 Å². The van der Waals surface area contributed by atoms with E-state index >= 15 is 0 Å². The summed E-state index contributed by atoms with van der Waals surface area (Å²) in [4.78, 5) is 7.01. The molecule has 0 aliphatic carbocycles. The molecule has 3 rings (SSSR count). The number of pyridine rings is 1. The summed E-state index contributed by atoms with van der Waals surface area (Å²) < 4.78 is 2.15. The Balaban J connectivity index is 2.13. The summed E-state index contributed by atoms with van der Waals surface area (Å²) in [6.45, 7) is 6.63. The molecule has 0 spiro atoms. The summed E-state index contributed by atoms with van der Waals surface area (Å²) in [5.41, 5.74) is 5.24. The van der Waals surface area contributed by atoms with Crippen molar-refractivity contribution in [3.05, 3.63) is 35.7 Å². The third-order valence-corrected chi connectivity index (χ3v) is 4.26. The lowest BCUT2D eigenvalue weighted by atomic mass is 9.97. The standard InChI is InChI=1S/C17H23N3/c1-12(2)14-9-15-16(11-20(4)17(15)18-10-14)13-5-7-19(3)8-6-13/h5,9-12H,6-8H2,1-4H3. The van der Waals surface area contributed by atoms with E-state index < -0.39 is 0 Å². The van der Waals surface area contributed by atoms with Gasteiger partial charge in [0, 0.05) is 43.5 Å². The maximum atomic E-state index is 4.66. The van der Waals surface area contributed by atoms with Crippen molar-refractivity contribution < 1.29 is 0 Å². The molecular weight excluding hydrogens is 246 g/mol. The molecule has 3 heteroatoms. The molecule has 0 atom stereocenters. The molecule has 1 aliphatic heterocycles. The van der Waals surface area contributed by atoms with Gasteiger partial charge in [0.05, 0.1) is 0 Å². The summed E-state index contributed by atoms with van der Waals surface area (Å²) in [6, 6.07) is 2.32. The average Bonchev–Trinajstić information content (AvgIpc) is 2.76. The predicted octanol–water partition coefficient (Wildman–Crippen LogP) is 3.42. The number of likely N-dealkylation sites (N-methyl/N-ethyl adjacent to an activating group) is 1. The van der Waals surface area contributed by atoms with Crippen LogP contribution in [0.1, 0.15) is 37.3 Å². The molecule has 0 amide bonds. The van der Waals surface area contributed by atoms with E-state index in [0.29, 0.717) is 5.92 Å². The van der Waals surface area contributed by atoms with Crippen LogP contribution in [0, 0.1) is 0 Å². The zero-order valence-corrected chi connectivity index (χ0v) is 12.8. The van der Waals surface area contributed by atoms with E-state index in [1.54, 1.807) is 0 Å². The van der Waals surface area contributed by atoms with Gasteiger partial charge in [0.1, 0.15) is 5.65 Å². The first-order valence-corrected chi connectivity index (χ1v) is 7.39. The van der Waals surface area contributed by atoms with Gasteiger partial charge < -0.3 is 9.47 Å². The second-order valence-electron chi connectivity index (χ2n) is 6.19. The molecular formula is C17H23N3. The second-order valence-corrected chi connectivity index (χ2v) is 6.19. The van der Waals surface area contributed by atoms with E-state index in [1.807, 2.05) is 6.20 Å². The molecule has 2 aromatic rings. The normalized spacial score (nSPS) is 16.9. The van der Waals surface area contributed by atoms with Crippen molar-refractivity contribution in [1.82, 2.24) is 14.5 Å². The molecule has 0 unspecified atom stereocenters. The highest BCUT2D eigenvalue weighted by Crippen LogP contribution is 2.31. The molecule has 106 valence electrons. The number of fused-ring (bicyclic) bond motifs is 1. The van der Waals surface area contributed by atoms with E-state index in [9.17, 15) is 0 Å². The van der Waals surface area contributed by atoms with Gasteiger partial charge in [0.2, 0.25) is 0 Å². The van der Waals surface area contributed by atoms with E-state index in [2.05, 4.69) is 60.7 Å². The summed E-state index contributed by atoms with van der Waals surface area (Å²) in [7, 11) is 4.26. The van der Waals surface area contributed by atoms with Crippen LogP contribution in [0.4, 0.5) is 0 Å². The summed E-state index contributed by atoms with van der Waals surface area (Å²) in [5.74, 6) is 0.520. The topological polar surface area (TPSA) is 21.1 Å². The van der Waals surface area contributed by atoms with Gasteiger partial charge in [-0.2, -0.15) is 0 Å². The van der Waals surface area contributed by atoms with Crippen LogP contribution in [0.25, 0.3) is 16.6 Å². The number of rotatable bonds is 2. The monoisotopic (exact) mass is 269 g/mol. The highest BCUT2D eigenvalue weighted by atomic mass is 15.1. The predicted molar refractivity (Wildman–Crippen MR) is 84.9 cm³/mol. The molecule has 0 fully saturated rings. The van der Waals surface area contributed by atoms with E-state index in [-0.39, 0.29) is 0 Å². The SMILES string of the molecule is CC(C)c1cnc2c(c1)c(C1=CCN(C)CC1)cn2C. The number of hydrogen-bond acceptors (Lipinski definition) is 2. The fourth-order valence-corrected chi connectivity index (χ4v) is 2.86. The largest absolute Gasteiger partial charge is 0.335 e. The Morgan fingerprint density at radius 2 is 2.05 bits per heavy atom. The van der Waals surface area contributed by atoms with Gasteiger partial charge in [-0.05, 0) is 36.6 Å². The minimum Gasteiger partial charge on any atom is -0.335 e. The van der Waals surface area contributed by atoms with Gasteiger partial charge >= 0.3 is 0 Å². The maximum Gasteiger partial charge on any atom is 0.140 e. The molecule has 0 N–H and O–H groups in total. The minimum absolute atomic E-state index is 0.520. The van der Waals surface area contributed by atoms with Crippen molar-refractivity contribution in [3.8, 4) is 0 Å². The first-order valence-electron chi connectivity index (χ1n) is 7.39. The summed E-state index contributed by atoms with van der Waals surface area (Å²) >= 11 is 0. The van der Waals surface area contributed by atoms with Gasteiger partial charge in [-0.1, -0.05) is 19.9 Å². The lowest BCUT2D eigenvalue weighted by molar-refractivity contribution is 0.370. The van der Waals surface area contributed by atoms with Crippen LogP contribution < -0.4 is 0 Å². The van der Waals surface area contributed by atoms with Gasteiger partial charge in [0.15, 0.2) is 0 Å². The summed E-state index contributed by atoms with van der Waals surface area (Å²) in [6.07, 6.45) is 7.74. The van der Waals surface area contributed by atoms with Crippen LogP contribution in [-0.4, -0.2) is 34.6 Å². The van der Waals surface area contributed by atoms with Crippen LogP contribution in [-0.2, 0) is 7.05 Å². The minimum atomic E-state index is 0.520. The Kier molecular flexibility index (Phi) is 3.38. The van der Waals surface area contributed by atoms with Gasteiger partial charge in [-0.15, -0.1) is 0 Å². The molecule has 0 saturated carbocycles. The first kappa shape index (κ1) is 13.4. The number of aryl methyl sites for hydroxylation is 1. The highest BCUT2D eigenvalue weighted by molar-refractivity contribution is 5.91. The van der Waals surface area contributed by atoms with E-state index in [1.165, 1.54) is 22.1 Å². The Bertz CT molecular complexity index is 664. The molecule has 3 nitrogen and oxygen atoms in total. The van der Waals surface area contributed by atoms with Crippen LogP contribution in [0.15, 0.2) is 24.5 Å². The number of nitrogens with zero attached hydrogens (tertiary/aromatic N) is 3. The van der Waals surface area contributed by atoms with Crippen molar-refractivity contribution in [1.29, 1.82) is 0 Å². The molecule has 20 heavy (non-hydrogen) atoms. The smallest absolute Gasteiger partial charge is 0.140 e. The van der Waals surface area contributed by atoms with E-state index in [0.717, 1.165) is 25.2 Å². The average molecular weight is 269 g/mol. The summed E-state index contributed by atoms with van der Waals surface area (Å²) in [5, 5.41) is 1.30. The molecule has 2 aromatic heterocycles. The third kappa shape index (κ3) is 2.27. The number of aromatic nitrogens is 2. The second kappa shape index (κ2) is 5.06. The zero-order valence-electron chi connectivity index (χ0n) is 12.8. The van der Waals surface area contributed by atoms with Crippen molar-refractivity contribution in [2.24, 2.45) is 7.05 Å². The van der Waals surface area contributed by atoms with Gasteiger partial charge in [0.25, 0.3) is 0 Å². The van der Waals surface area contributed by atoms with Crippen LogP contribution in [0.5, 0.6) is 0 Å². The molecule has 3 heterocycles. The van der Waals surface area contributed by atoms with Crippen molar-refractivity contribution in [2.45, 2.75) is 26.2 Å². The highest BCUT2D eigenvalue weighted by Gasteiger charge is 2.16. The van der Waals surface area contributed by atoms with Crippen LogP contribution in [0.3, 0.4) is 0 Å². The zero-order chi connectivity index (χ0) is 14.3. The molecule has 0 aromatic carbocycles. The number of hydrogen-bond donors (Lipinski definition) is 0.